The Morgan fingerprint density at radius 2 is 2.00 bits per heavy atom. The van der Waals surface area contributed by atoms with Crippen molar-refractivity contribution >= 4 is 50.8 Å². The molecule has 0 aliphatic carbocycles. The lowest BCUT2D eigenvalue weighted by atomic mass is 10.2. The van der Waals surface area contributed by atoms with E-state index in [1.54, 1.807) is 16.7 Å². The van der Waals surface area contributed by atoms with Crippen LogP contribution in [0.5, 0.6) is 0 Å². The molecule has 3 aromatic rings. The van der Waals surface area contributed by atoms with Crippen molar-refractivity contribution in [2.45, 2.75) is 0 Å². The number of halogens is 3. The summed E-state index contributed by atoms with van der Waals surface area (Å²) in [5.74, 6) is -0.303. The third-order valence-corrected chi connectivity index (χ3v) is 4.31. The number of nitrogens with zero attached hydrogens (tertiary/aromatic N) is 1. The highest BCUT2D eigenvalue weighted by atomic mass is 79.9. The summed E-state index contributed by atoms with van der Waals surface area (Å²) in [5, 5.41) is 0.612. The summed E-state index contributed by atoms with van der Waals surface area (Å²) in [6.07, 6.45) is 0. The smallest absolute Gasteiger partial charge is 0.182 e. The number of H-pyrrole nitrogens is 1. The van der Waals surface area contributed by atoms with Crippen LogP contribution in [0.3, 0.4) is 0 Å². The number of nitrogens with one attached hydrogen (secondary N) is 1. The minimum absolute atomic E-state index is 0.303. The van der Waals surface area contributed by atoms with Crippen LogP contribution in [0.4, 0.5) is 4.39 Å². The van der Waals surface area contributed by atoms with Crippen LogP contribution in [-0.2, 0) is 0 Å². The highest BCUT2D eigenvalue weighted by Gasteiger charge is 2.09. The van der Waals surface area contributed by atoms with Gasteiger partial charge in [-0.1, -0.05) is 11.6 Å². The molecular formula is C13H7BrClFN2S. The number of aromatic nitrogens is 2. The number of hydrogen-bond donors (Lipinski definition) is 1. The first-order valence-corrected chi connectivity index (χ1v) is 7.00. The first-order chi connectivity index (χ1) is 9.06. The Labute approximate surface area is 127 Å². The fraction of sp³-hybridized carbons (Fsp3) is 0. The van der Waals surface area contributed by atoms with Gasteiger partial charge in [-0.15, -0.1) is 0 Å². The Bertz CT molecular complexity index is 840. The first kappa shape index (κ1) is 12.8. The van der Waals surface area contributed by atoms with E-state index in [0.717, 1.165) is 15.7 Å². The highest BCUT2D eigenvalue weighted by molar-refractivity contribution is 9.10. The molecule has 1 N–H and O–H groups in total. The van der Waals surface area contributed by atoms with E-state index >= 15 is 0 Å². The molecule has 6 heteroatoms. The average Bonchev–Trinajstić information content (AvgIpc) is 2.68. The molecule has 0 spiro atoms. The fourth-order valence-electron chi connectivity index (χ4n) is 1.96. The van der Waals surface area contributed by atoms with Crippen LogP contribution in [-0.4, -0.2) is 9.55 Å². The van der Waals surface area contributed by atoms with Gasteiger partial charge in [0.2, 0.25) is 0 Å². The predicted octanol–water partition coefficient (Wildman–Crippen LogP) is 5.24. The van der Waals surface area contributed by atoms with Gasteiger partial charge in [0.1, 0.15) is 5.82 Å². The molecule has 0 radical (unpaired) electrons. The van der Waals surface area contributed by atoms with Crippen molar-refractivity contribution in [1.82, 2.24) is 9.55 Å². The van der Waals surface area contributed by atoms with Gasteiger partial charge >= 0.3 is 0 Å². The molecule has 0 saturated heterocycles. The van der Waals surface area contributed by atoms with Gasteiger partial charge in [0.25, 0.3) is 0 Å². The lowest BCUT2D eigenvalue weighted by Gasteiger charge is -2.06. The van der Waals surface area contributed by atoms with Crippen molar-refractivity contribution in [3.05, 3.63) is 56.5 Å². The molecule has 96 valence electrons. The standard InChI is InChI=1S/C13H7BrClFN2S/c14-9-6-8(2-3-10(9)15)18-12-5-7(16)1-4-11(12)17-13(18)19/h1-6H,(H,17,19). The quantitative estimate of drug-likeness (QED) is 0.590. The van der Waals surface area contributed by atoms with Crippen LogP contribution in [0.1, 0.15) is 0 Å². The topological polar surface area (TPSA) is 20.7 Å². The van der Waals surface area contributed by atoms with E-state index in [9.17, 15) is 4.39 Å². The van der Waals surface area contributed by atoms with E-state index in [-0.39, 0.29) is 5.82 Å². The number of hydrogen-bond acceptors (Lipinski definition) is 1. The zero-order valence-corrected chi connectivity index (χ0v) is 12.6. The lowest BCUT2D eigenvalue weighted by molar-refractivity contribution is 0.629. The summed E-state index contributed by atoms with van der Waals surface area (Å²) in [6.45, 7) is 0. The first-order valence-electron chi connectivity index (χ1n) is 5.42. The van der Waals surface area contributed by atoms with Gasteiger partial charge in [0.05, 0.1) is 16.1 Å². The van der Waals surface area contributed by atoms with Crippen molar-refractivity contribution in [3.8, 4) is 5.69 Å². The number of imidazole rings is 1. The molecule has 1 aromatic heterocycles. The van der Waals surface area contributed by atoms with Gasteiger partial charge in [-0.25, -0.2) is 4.39 Å². The number of aromatic amines is 1. The van der Waals surface area contributed by atoms with Gasteiger partial charge in [-0.05, 0) is 58.5 Å². The van der Waals surface area contributed by atoms with Crippen LogP contribution < -0.4 is 0 Å². The van der Waals surface area contributed by atoms with Crippen molar-refractivity contribution in [3.63, 3.8) is 0 Å². The Kier molecular flexibility index (Phi) is 3.20. The van der Waals surface area contributed by atoms with E-state index in [1.165, 1.54) is 12.1 Å². The second-order valence-corrected chi connectivity index (χ2v) is 5.67. The summed E-state index contributed by atoms with van der Waals surface area (Å²) < 4.78 is 16.4. The summed E-state index contributed by atoms with van der Waals surface area (Å²) >= 11 is 14.6. The Hall–Kier alpha value is -1.17. The SMILES string of the molecule is Fc1ccc2[nH]c(=S)n(-c3ccc(Cl)c(Br)c3)c2c1. The maximum Gasteiger partial charge on any atom is 0.182 e. The maximum atomic E-state index is 13.4. The van der Waals surface area contributed by atoms with Crippen LogP contribution in [0.25, 0.3) is 16.7 Å². The summed E-state index contributed by atoms with van der Waals surface area (Å²) in [7, 11) is 0. The minimum Gasteiger partial charge on any atom is -0.330 e. The van der Waals surface area contributed by atoms with Crippen LogP contribution >= 0.6 is 39.7 Å². The molecule has 0 atom stereocenters. The van der Waals surface area contributed by atoms with Crippen LogP contribution in [0, 0.1) is 10.6 Å². The molecule has 0 unspecified atom stereocenters. The van der Waals surface area contributed by atoms with Gasteiger partial charge < -0.3 is 4.98 Å². The molecular weight excluding hydrogens is 351 g/mol. The molecule has 0 fully saturated rings. The van der Waals surface area contributed by atoms with Gasteiger partial charge in [-0.2, -0.15) is 0 Å². The average molecular weight is 358 g/mol. The van der Waals surface area contributed by atoms with Crippen LogP contribution in [0.15, 0.2) is 40.9 Å². The Balaban J connectivity index is 2.35. The zero-order valence-electron chi connectivity index (χ0n) is 9.45. The van der Waals surface area contributed by atoms with E-state index in [0.29, 0.717) is 15.3 Å². The number of benzene rings is 2. The Morgan fingerprint density at radius 3 is 2.74 bits per heavy atom. The molecule has 2 nitrogen and oxygen atoms in total. The normalized spacial score (nSPS) is 11.1. The van der Waals surface area contributed by atoms with Gasteiger partial charge in [0, 0.05) is 16.2 Å². The molecule has 0 aliphatic heterocycles. The van der Waals surface area contributed by atoms with E-state index in [4.69, 9.17) is 23.8 Å². The highest BCUT2D eigenvalue weighted by Crippen LogP contribution is 2.27. The third kappa shape index (κ3) is 2.22. The van der Waals surface area contributed by atoms with E-state index in [1.807, 2.05) is 12.1 Å². The molecule has 0 bridgehead atoms. The summed E-state index contributed by atoms with van der Waals surface area (Å²) in [4.78, 5) is 3.05. The zero-order chi connectivity index (χ0) is 13.6. The summed E-state index contributed by atoms with van der Waals surface area (Å²) in [5.41, 5.74) is 2.30. The molecule has 19 heavy (non-hydrogen) atoms. The molecule has 3 rings (SSSR count). The van der Waals surface area contributed by atoms with Crippen molar-refractivity contribution in [2.24, 2.45) is 0 Å². The Morgan fingerprint density at radius 1 is 1.21 bits per heavy atom. The van der Waals surface area contributed by atoms with Crippen molar-refractivity contribution < 1.29 is 4.39 Å². The molecule has 0 aliphatic rings. The van der Waals surface area contributed by atoms with Crippen molar-refractivity contribution in [1.29, 1.82) is 0 Å². The second kappa shape index (κ2) is 4.74. The predicted molar refractivity (Wildman–Crippen MR) is 81.1 cm³/mol. The van der Waals surface area contributed by atoms with E-state index in [2.05, 4.69) is 20.9 Å². The maximum absolute atomic E-state index is 13.4. The largest absolute Gasteiger partial charge is 0.330 e. The van der Waals surface area contributed by atoms with E-state index < -0.39 is 0 Å². The molecule has 0 saturated carbocycles. The number of fused-ring (bicyclic) bond motifs is 1. The monoisotopic (exact) mass is 356 g/mol. The molecule has 1 heterocycles. The second-order valence-electron chi connectivity index (χ2n) is 4.03. The fourth-order valence-corrected chi connectivity index (χ4v) is 2.75. The lowest BCUT2D eigenvalue weighted by Crippen LogP contribution is -1.94. The third-order valence-electron chi connectivity index (χ3n) is 2.81. The van der Waals surface area contributed by atoms with Crippen molar-refractivity contribution in [2.75, 3.05) is 0 Å². The summed E-state index contributed by atoms with van der Waals surface area (Å²) in [6, 6.07) is 9.96. The van der Waals surface area contributed by atoms with Crippen LogP contribution in [0.2, 0.25) is 5.02 Å². The minimum atomic E-state index is -0.303. The number of rotatable bonds is 1. The van der Waals surface area contributed by atoms with Gasteiger partial charge in [-0.3, -0.25) is 4.57 Å². The van der Waals surface area contributed by atoms with Gasteiger partial charge in [0.15, 0.2) is 4.77 Å². The molecule has 0 amide bonds. The molecule has 2 aromatic carbocycles.